The van der Waals surface area contributed by atoms with E-state index in [2.05, 4.69) is 15.3 Å². The van der Waals surface area contributed by atoms with E-state index in [9.17, 15) is 0 Å². The summed E-state index contributed by atoms with van der Waals surface area (Å²) < 4.78 is 1.72. The highest BCUT2D eigenvalue weighted by molar-refractivity contribution is 7.20. The lowest BCUT2D eigenvalue weighted by molar-refractivity contribution is 0.727. The number of anilines is 1. The number of rotatable bonds is 2. The topological polar surface area (TPSA) is 69.1 Å². The first-order valence-electron chi connectivity index (χ1n) is 5.95. The molecule has 2 heterocycles. The molecule has 1 aromatic carbocycles. The maximum atomic E-state index is 6.22. The van der Waals surface area contributed by atoms with Crippen molar-refractivity contribution in [3.05, 3.63) is 28.0 Å². The number of nitrogens with two attached hydrogens (primary N) is 1. The van der Waals surface area contributed by atoms with Gasteiger partial charge in [0.15, 0.2) is 10.8 Å². The molecule has 0 aliphatic heterocycles. The first kappa shape index (κ1) is 13.6. The third kappa shape index (κ3) is 2.04. The molecule has 5 nitrogen and oxygen atoms in total. The molecular formula is C12H11Cl2N5S. The van der Waals surface area contributed by atoms with Crippen LogP contribution in [0.1, 0.15) is 25.6 Å². The van der Waals surface area contributed by atoms with Gasteiger partial charge in [-0.1, -0.05) is 48.4 Å². The minimum atomic E-state index is 0.229. The van der Waals surface area contributed by atoms with Crippen LogP contribution in [-0.4, -0.2) is 19.8 Å². The molecule has 0 atom stereocenters. The van der Waals surface area contributed by atoms with Gasteiger partial charge in [-0.05, 0) is 12.1 Å². The van der Waals surface area contributed by atoms with E-state index in [1.54, 1.807) is 16.6 Å². The van der Waals surface area contributed by atoms with Gasteiger partial charge in [0.25, 0.3) is 0 Å². The minimum absolute atomic E-state index is 0.229. The maximum absolute atomic E-state index is 6.22. The van der Waals surface area contributed by atoms with E-state index in [1.807, 2.05) is 13.8 Å². The zero-order chi connectivity index (χ0) is 14.4. The van der Waals surface area contributed by atoms with Gasteiger partial charge in [-0.15, -0.1) is 10.2 Å². The molecule has 0 radical (unpaired) electrons. The molecule has 0 fully saturated rings. The Bertz CT molecular complexity index is 793. The largest absolute Gasteiger partial charge is 0.397 e. The second kappa shape index (κ2) is 4.87. The van der Waals surface area contributed by atoms with Crippen LogP contribution in [0.25, 0.3) is 15.5 Å². The molecule has 2 N–H and O–H groups in total. The van der Waals surface area contributed by atoms with E-state index in [1.165, 1.54) is 11.3 Å². The van der Waals surface area contributed by atoms with Crippen molar-refractivity contribution in [2.75, 3.05) is 5.73 Å². The lowest BCUT2D eigenvalue weighted by atomic mass is 10.2. The number of fused-ring (bicyclic) bond motifs is 1. The minimum Gasteiger partial charge on any atom is -0.397 e. The fourth-order valence-electron chi connectivity index (χ4n) is 1.88. The second-order valence-corrected chi connectivity index (χ2v) is 6.40. The number of benzene rings is 1. The molecule has 20 heavy (non-hydrogen) atoms. The third-order valence-electron chi connectivity index (χ3n) is 2.89. The van der Waals surface area contributed by atoms with Crippen LogP contribution in [0.4, 0.5) is 5.69 Å². The highest BCUT2D eigenvalue weighted by atomic mass is 35.5. The van der Waals surface area contributed by atoms with Crippen LogP contribution in [-0.2, 0) is 0 Å². The van der Waals surface area contributed by atoms with E-state index < -0.39 is 0 Å². The van der Waals surface area contributed by atoms with Crippen LogP contribution < -0.4 is 5.73 Å². The summed E-state index contributed by atoms with van der Waals surface area (Å²) in [6, 6.07) is 3.38. The molecule has 0 bridgehead atoms. The molecule has 0 unspecified atom stereocenters. The highest BCUT2D eigenvalue weighted by Crippen LogP contribution is 2.39. The molecule has 0 saturated carbocycles. The van der Waals surface area contributed by atoms with E-state index in [0.717, 1.165) is 5.82 Å². The fourth-order valence-corrected chi connectivity index (χ4v) is 3.27. The van der Waals surface area contributed by atoms with Crippen molar-refractivity contribution in [2.24, 2.45) is 0 Å². The van der Waals surface area contributed by atoms with E-state index >= 15 is 0 Å². The molecule has 0 saturated heterocycles. The Morgan fingerprint density at radius 3 is 2.60 bits per heavy atom. The Morgan fingerprint density at radius 2 is 1.90 bits per heavy atom. The smallest absolute Gasteiger partial charge is 0.234 e. The van der Waals surface area contributed by atoms with Crippen LogP contribution >= 0.6 is 34.5 Å². The molecule has 104 valence electrons. The van der Waals surface area contributed by atoms with Gasteiger partial charge in [-0.3, -0.25) is 0 Å². The molecule has 3 aromatic rings. The average Bonchev–Trinajstić information content (AvgIpc) is 2.93. The summed E-state index contributed by atoms with van der Waals surface area (Å²) in [7, 11) is 0. The lowest BCUT2D eigenvalue weighted by Gasteiger charge is -2.06. The van der Waals surface area contributed by atoms with Gasteiger partial charge in [-0.25, -0.2) is 0 Å². The monoisotopic (exact) mass is 327 g/mol. The Hall–Kier alpha value is -1.37. The quantitative estimate of drug-likeness (QED) is 0.725. The molecule has 0 spiro atoms. The van der Waals surface area contributed by atoms with Crippen LogP contribution in [0, 0.1) is 0 Å². The predicted octanol–water partition coefficient (Wildman–Crippen LogP) is 3.87. The van der Waals surface area contributed by atoms with E-state index in [-0.39, 0.29) is 5.92 Å². The molecule has 0 aliphatic rings. The molecule has 8 heteroatoms. The first-order chi connectivity index (χ1) is 9.49. The van der Waals surface area contributed by atoms with Gasteiger partial charge in [0.1, 0.15) is 0 Å². The van der Waals surface area contributed by atoms with Crippen LogP contribution in [0.5, 0.6) is 0 Å². The number of aromatic nitrogens is 4. The Morgan fingerprint density at radius 1 is 1.20 bits per heavy atom. The van der Waals surface area contributed by atoms with Crippen LogP contribution in [0.3, 0.4) is 0 Å². The van der Waals surface area contributed by atoms with Gasteiger partial charge in [-0.2, -0.15) is 9.61 Å². The van der Waals surface area contributed by atoms with Gasteiger partial charge in [0.2, 0.25) is 4.96 Å². The average molecular weight is 328 g/mol. The second-order valence-electron chi connectivity index (χ2n) is 4.63. The summed E-state index contributed by atoms with van der Waals surface area (Å²) >= 11 is 13.6. The predicted molar refractivity (Wildman–Crippen MR) is 82.6 cm³/mol. The first-order valence-corrected chi connectivity index (χ1v) is 7.52. The summed E-state index contributed by atoms with van der Waals surface area (Å²) in [6.45, 7) is 4.08. The molecule has 2 aromatic heterocycles. The number of halogens is 2. The van der Waals surface area contributed by atoms with Crippen molar-refractivity contribution in [3.8, 4) is 10.6 Å². The third-order valence-corrected chi connectivity index (χ3v) is 4.45. The Labute approximate surface area is 129 Å². The van der Waals surface area contributed by atoms with Crippen molar-refractivity contribution in [1.29, 1.82) is 0 Å². The summed E-state index contributed by atoms with van der Waals surface area (Å²) in [5, 5.41) is 14.4. The molecule has 0 aliphatic carbocycles. The number of nitrogens with zero attached hydrogens (tertiary/aromatic N) is 4. The summed E-state index contributed by atoms with van der Waals surface area (Å²) in [6.07, 6.45) is 0. The Balaban J connectivity index is 2.23. The number of nitrogen functional groups attached to an aromatic ring is 1. The number of hydrogen-bond donors (Lipinski definition) is 1. The van der Waals surface area contributed by atoms with Crippen molar-refractivity contribution in [1.82, 2.24) is 19.8 Å². The normalized spacial score (nSPS) is 11.7. The van der Waals surface area contributed by atoms with Gasteiger partial charge in [0, 0.05) is 5.92 Å². The summed E-state index contributed by atoms with van der Waals surface area (Å²) in [5.74, 6) is 1.03. The van der Waals surface area contributed by atoms with Crippen molar-refractivity contribution < 1.29 is 0 Å². The van der Waals surface area contributed by atoms with Crippen LogP contribution in [0.15, 0.2) is 12.1 Å². The van der Waals surface area contributed by atoms with Gasteiger partial charge >= 0.3 is 0 Å². The SMILES string of the molecule is CC(C)c1nnc2sc(-c3c(Cl)ccc(Cl)c3N)nn12. The maximum Gasteiger partial charge on any atom is 0.234 e. The van der Waals surface area contributed by atoms with Crippen molar-refractivity contribution in [2.45, 2.75) is 19.8 Å². The zero-order valence-corrected chi connectivity index (χ0v) is 13.1. The van der Waals surface area contributed by atoms with Crippen molar-refractivity contribution >= 4 is 45.2 Å². The van der Waals surface area contributed by atoms with Gasteiger partial charge < -0.3 is 5.73 Å². The standard InChI is InChI=1S/C12H11Cl2N5S/c1-5(2)10-16-17-12-19(10)18-11(20-12)8-6(13)3-4-7(14)9(8)15/h3-5H,15H2,1-2H3. The van der Waals surface area contributed by atoms with Crippen LogP contribution in [0.2, 0.25) is 10.0 Å². The highest BCUT2D eigenvalue weighted by Gasteiger charge is 2.19. The fraction of sp³-hybridized carbons (Fsp3) is 0.250. The molecule has 0 amide bonds. The van der Waals surface area contributed by atoms with E-state index in [4.69, 9.17) is 28.9 Å². The lowest BCUT2D eigenvalue weighted by Crippen LogP contribution is -1.99. The molecule has 3 rings (SSSR count). The Kier molecular flexibility index (Phi) is 3.32. The summed E-state index contributed by atoms with van der Waals surface area (Å²) in [5.41, 5.74) is 7.08. The summed E-state index contributed by atoms with van der Waals surface area (Å²) in [4.78, 5) is 0.708. The van der Waals surface area contributed by atoms with E-state index in [0.29, 0.717) is 31.3 Å². The van der Waals surface area contributed by atoms with Crippen molar-refractivity contribution in [3.63, 3.8) is 0 Å². The number of hydrogen-bond acceptors (Lipinski definition) is 5. The molecular weight excluding hydrogens is 317 g/mol. The zero-order valence-electron chi connectivity index (χ0n) is 10.8. The van der Waals surface area contributed by atoms with Gasteiger partial charge in [0.05, 0.1) is 21.3 Å².